The molecule has 0 fully saturated rings. The quantitative estimate of drug-likeness (QED) is 0.907. The lowest BCUT2D eigenvalue weighted by Crippen LogP contribution is -2.25. The van der Waals surface area contributed by atoms with Gasteiger partial charge in [-0.2, -0.15) is 5.10 Å². The number of nitrogens with zero attached hydrogens (tertiary/aromatic N) is 2. The lowest BCUT2D eigenvalue weighted by atomic mass is 10.2. The van der Waals surface area contributed by atoms with Gasteiger partial charge in [0.25, 0.3) is 0 Å². The Morgan fingerprint density at radius 2 is 1.95 bits per heavy atom. The average Bonchev–Trinajstić information content (AvgIpc) is 2.90. The second-order valence-electron chi connectivity index (χ2n) is 4.81. The summed E-state index contributed by atoms with van der Waals surface area (Å²) in [6.07, 6.45) is 1.75. The molecule has 20 heavy (non-hydrogen) atoms. The average molecular weight is 271 g/mol. The maximum atomic E-state index is 12.3. The predicted octanol–water partition coefficient (Wildman–Crippen LogP) is 3.21. The van der Waals surface area contributed by atoms with Crippen LogP contribution in [0.25, 0.3) is 0 Å². The molecule has 1 N–H and O–H groups in total. The summed E-state index contributed by atoms with van der Waals surface area (Å²) in [7, 11) is 0. The first kappa shape index (κ1) is 14.3. The van der Waals surface area contributed by atoms with Crippen LogP contribution in [0.5, 0.6) is 0 Å². The van der Waals surface area contributed by atoms with Crippen LogP contribution in [0.1, 0.15) is 38.2 Å². The fourth-order valence-corrected chi connectivity index (χ4v) is 2.14. The van der Waals surface area contributed by atoms with Crippen molar-refractivity contribution >= 4 is 11.6 Å². The van der Waals surface area contributed by atoms with Crippen LogP contribution in [-0.4, -0.2) is 15.7 Å². The van der Waals surface area contributed by atoms with Crippen LogP contribution in [0, 0.1) is 0 Å². The van der Waals surface area contributed by atoms with Gasteiger partial charge in [0, 0.05) is 11.4 Å². The van der Waals surface area contributed by atoms with Crippen LogP contribution < -0.4 is 5.32 Å². The van der Waals surface area contributed by atoms with Gasteiger partial charge in [-0.3, -0.25) is 9.48 Å². The number of anilines is 1. The Morgan fingerprint density at radius 1 is 1.25 bits per heavy atom. The molecule has 1 unspecified atom stereocenters. The van der Waals surface area contributed by atoms with Crippen molar-refractivity contribution in [2.45, 2.75) is 39.7 Å². The maximum Gasteiger partial charge on any atom is 0.248 e. The van der Waals surface area contributed by atoms with Crippen molar-refractivity contribution < 1.29 is 4.79 Å². The monoisotopic (exact) mass is 271 g/mol. The van der Waals surface area contributed by atoms with Crippen molar-refractivity contribution in [3.63, 3.8) is 0 Å². The van der Waals surface area contributed by atoms with Crippen LogP contribution in [0.4, 0.5) is 5.69 Å². The number of carbonyl (C=O) groups excluding carboxylic acids is 1. The largest absolute Gasteiger partial charge is 0.324 e. The number of para-hydroxylation sites is 1. The van der Waals surface area contributed by atoms with Gasteiger partial charge in [-0.15, -0.1) is 0 Å². The van der Waals surface area contributed by atoms with E-state index >= 15 is 0 Å². The number of amides is 1. The zero-order valence-corrected chi connectivity index (χ0v) is 12.3. The van der Waals surface area contributed by atoms with E-state index in [1.165, 1.54) is 0 Å². The molecule has 0 saturated carbocycles. The van der Waals surface area contributed by atoms with Crippen molar-refractivity contribution in [3.05, 3.63) is 47.8 Å². The van der Waals surface area contributed by atoms with Crippen LogP contribution in [0.2, 0.25) is 0 Å². The molecule has 2 aromatic rings. The Hall–Kier alpha value is -2.10. The van der Waals surface area contributed by atoms with Crippen LogP contribution in [0.3, 0.4) is 0 Å². The highest BCUT2D eigenvalue weighted by molar-refractivity contribution is 5.93. The van der Waals surface area contributed by atoms with E-state index in [4.69, 9.17) is 0 Å². The summed E-state index contributed by atoms with van der Waals surface area (Å²) in [5, 5.41) is 7.44. The number of rotatable bonds is 5. The Balaban J connectivity index is 2.16. The Bertz CT molecular complexity index is 575. The summed E-state index contributed by atoms with van der Waals surface area (Å²) in [5.74, 6) is -0.0448. The zero-order valence-electron chi connectivity index (χ0n) is 12.3. The van der Waals surface area contributed by atoms with Gasteiger partial charge in [0.15, 0.2) is 0 Å². The predicted molar refractivity (Wildman–Crippen MR) is 80.8 cm³/mol. The van der Waals surface area contributed by atoms with Crippen LogP contribution >= 0.6 is 0 Å². The smallest absolute Gasteiger partial charge is 0.248 e. The summed E-state index contributed by atoms with van der Waals surface area (Å²) < 4.78 is 1.83. The van der Waals surface area contributed by atoms with Crippen molar-refractivity contribution in [1.82, 2.24) is 9.78 Å². The second kappa shape index (κ2) is 6.37. The molecule has 0 bridgehead atoms. The highest BCUT2D eigenvalue weighted by atomic mass is 16.2. The zero-order chi connectivity index (χ0) is 14.5. The van der Waals surface area contributed by atoms with E-state index < -0.39 is 0 Å². The topological polar surface area (TPSA) is 46.9 Å². The molecule has 106 valence electrons. The number of hydrogen-bond acceptors (Lipinski definition) is 2. The van der Waals surface area contributed by atoms with Crippen LogP contribution in [0.15, 0.2) is 36.4 Å². The van der Waals surface area contributed by atoms with E-state index in [-0.39, 0.29) is 11.9 Å². The minimum atomic E-state index is -0.314. The molecule has 4 nitrogen and oxygen atoms in total. The number of hydrogen-bond donors (Lipinski definition) is 1. The molecule has 2 rings (SSSR count). The molecule has 0 aliphatic carbocycles. The first-order chi connectivity index (χ1) is 9.65. The molecule has 0 saturated heterocycles. The number of aryl methyl sites for hydroxylation is 2. The first-order valence-corrected chi connectivity index (χ1v) is 7.08. The maximum absolute atomic E-state index is 12.3. The van der Waals surface area contributed by atoms with Gasteiger partial charge in [0.2, 0.25) is 5.91 Å². The first-order valence-electron chi connectivity index (χ1n) is 7.08. The third-order valence-electron chi connectivity index (χ3n) is 3.38. The van der Waals surface area contributed by atoms with Gasteiger partial charge in [0.1, 0.15) is 6.04 Å². The number of aromatic nitrogens is 2. The Labute approximate surface area is 119 Å². The van der Waals surface area contributed by atoms with E-state index in [0.717, 1.165) is 29.9 Å². The fraction of sp³-hybridized carbons (Fsp3) is 0.375. The number of nitrogens with one attached hydrogen (secondary N) is 1. The van der Waals surface area contributed by atoms with Gasteiger partial charge in [-0.1, -0.05) is 32.0 Å². The third kappa shape index (κ3) is 3.07. The molecule has 1 amide bonds. The summed E-state index contributed by atoms with van der Waals surface area (Å²) >= 11 is 0. The Kier molecular flexibility index (Phi) is 4.56. The van der Waals surface area contributed by atoms with Crippen molar-refractivity contribution in [1.29, 1.82) is 0 Å². The van der Waals surface area contributed by atoms with Crippen LogP contribution in [-0.2, 0) is 17.6 Å². The van der Waals surface area contributed by atoms with Crippen molar-refractivity contribution in [2.24, 2.45) is 0 Å². The lowest BCUT2D eigenvalue weighted by Gasteiger charge is -2.15. The van der Waals surface area contributed by atoms with Gasteiger partial charge < -0.3 is 5.32 Å². The molecule has 4 heteroatoms. The summed E-state index contributed by atoms with van der Waals surface area (Å²) in [5.41, 5.74) is 2.93. The molecule has 1 atom stereocenters. The summed E-state index contributed by atoms with van der Waals surface area (Å²) in [6, 6.07) is 11.3. The number of benzene rings is 1. The highest BCUT2D eigenvalue weighted by Gasteiger charge is 2.19. The molecule has 0 radical (unpaired) electrons. The molecule has 0 aliphatic rings. The van der Waals surface area contributed by atoms with Gasteiger partial charge in [-0.05, 0) is 38.0 Å². The highest BCUT2D eigenvalue weighted by Crippen LogP contribution is 2.15. The van der Waals surface area contributed by atoms with Crippen molar-refractivity contribution in [2.75, 3.05) is 5.32 Å². The molecule has 1 aromatic carbocycles. The molecular formula is C16H21N3O. The van der Waals surface area contributed by atoms with Gasteiger partial charge in [0.05, 0.1) is 5.69 Å². The molecular weight excluding hydrogens is 250 g/mol. The second-order valence-corrected chi connectivity index (χ2v) is 4.81. The van der Waals surface area contributed by atoms with E-state index in [0.29, 0.717) is 0 Å². The van der Waals surface area contributed by atoms with E-state index in [1.54, 1.807) is 0 Å². The summed E-state index contributed by atoms with van der Waals surface area (Å²) in [4.78, 5) is 12.3. The third-order valence-corrected chi connectivity index (χ3v) is 3.38. The molecule has 1 heterocycles. The van der Waals surface area contributed by atoms with Crippen molar-refractivity contribution in [3.8, 4) is 0 Å². The van der Waals surface area contributed by atoms with E-state index in [1.807, 2.05) is 41.9 Å². The number of carbonyl (C=O) groups is 1. The fourth-order valence-electron chi connectivity index (χ4n) is 2.14. The molecule has 0 spiro atoms. The van der Waals surface area contributed by atoms with Gasteiger partial charge >= 0.3 is 0 Å². The minimum Gasteiger partial charge on any atom is -0.324 e. The normalized spacial score (nSPS) is 12.2. The Morgan fingerprint density at radius 3 is 2.55 bits per heavy atom. The SMILES string of the molecule is CCc1cc(CC)n(C(C)C(=O)Nc2ccccc2)n1. The van der Waals surface area contributed by atoms with E-state index in [2.05, 4.69) is 30.3 Å². The summed E-state index contributed by atoms with van der Waals surface area (Å²) in [6.45, 7) is 6.03. The minimum absolute atomic E-state index is 0.0448. The molecule has 0 aliphatic heterocycles. The standard InChI is InChI=1S/C16H21N3O/c1-4-13-11-15(5-2)19(18-13)12(3)16(20)17-14-9-7-6-8-10-14/h6-12H,4-5H2,1-3H3,(H,17,20). The molecule has 1 aromatic heterocycles. The van der Waals surface area contributed by atoms with E-state index in [9.17, 15) is 4.79 Å². The lowest BCUT2D eigenvalue weighted by molar-refractivity contribution is -0.119. The van der Waals surface area contributed by atoms with Gasteiger partial charge in [-0.25, -0.2) is 0 Å².